The minimum absolute atomic E-state index is 0.947. The van der Waals surface area contributed by atoms with Gasteiger partial charge in [0.1, 0.15) is 0 Å². The molecule has 0 amide bonds. The molecule has 2 heterocycles. The maximum Gasteiger partial charge on any atom is 0.0630 e. The highest BCUT2D eigenvalue weighted by atomic mass is 15.0. The molecule has 2 aromatic heterocycles. The van der Waals surface area contributed by atoms with Gasteiger partial charge >= 0.3 is 0 Å². The average molecular weight is 589 g/mol. The third-order valence-electron chi connectivity index (χ3n) is 8.75. The van der Waals surface area contributed by atoms with E-state index in [-0.39, 0.29) is 0 Å². The Morgan fingerprint density at radius 3 is 1.91 bits per heavy atom. The lowest BCUT2D eigenvalue weighted by Gasteiger charge is -2.12. The Balaban J connectivity index is 1.29. The van der Waals surface area contributed by atoms with Crippen molar-refractivity contribution in [2.45, 2.75) is 6.92 Å². The van der Waals surface area contributed by atoms with E-state index in [0.29, 0.717) is 0 Å². The van der Waals surface area contributed by atoms with Gasteiger partial charge in [-0.15, -0.1) is 0 Å². The van der Waals surface area contributed by atoms with E-state index in [1.807, 2.05) is 37.4 Å². The van der Waals surface area contributed by atoms with Crippen molar-refractivity contribution in [1.29, 1.82) is 0 Å². The van der Waals surface area contributed by atoms with Crippen LogP contribution in [0.4, 0.5) is 0 Å². The first-order valence-corrected chi connectivity index (χ1v) is 15.7. The predicted molar refractivity (Wildman–Crippen MR) is 196 cm³/mol. The standard InChI is InChI=1S/C44H32N2/c1-2-3-6-16-38-23-19-37(30-45-38)34-20-24-40-36(28-34)22-26-42-41-25-21-35(29-43(41)46(44(40)42)39-17-9-5-10-18-39)33-15-11-14-32(27-33)31-12-7-4-8-13-31/h2-30H,1H3/b3-2-,16-6+. The van der Waals surface area contributed by atoms with Gasteiger partial charge in [-0.1, -0.05) is 127 Å². The van der Waals surface area contributed by atoms with E-state index in [1.165, 1.54) is 54.8 Å². The molecule has 0 unspecified atom stereocenters. The van der Waals surface area contributed by atoms with Gasteiger partial charge in [0.25, 0.3) is 0 Å². The van der Waals surface area contributed by atoms with Crippen LogP contribution in [0.2, 0.25) is 0 Å². The number of fused-ring (bicyclic) bond motifs is 5. The highest BCUT2D eigenvalue weighted by molar-refractivity contribution is 6.19. The lowest BCUT2D eigenvalue weighted by atomic mass is 9.98. The molecule has 0 aliphatic carbocycles. The zero-order valence-corrected chi connectivity index (χ0v) is 25.6. The first-order valence-electron chi connectivity index (χ1n) is 15.7. The topological polar surface area (TPSA) is 17.8 Å². The van der Waals surface area contributed by atoms with Crippen molar-refractivity contribution in [2.75, 3.05) is 0 Å². The summed E-state index contributed by atoms with van der Waals surface area (Å²) in [4.78, 5) is 4.67. The lowest BCUT2D eigenvalue weighted by Crippen LogP contribution is -1.94. The number of pyridine rings is 1. The summed E-state index contributed by atoms with van der Waals surface area (Å²) in [6.45, 7) is 2.01. The van der Waals surface area contributed by atoms with Gasteiger partial charge in [0.2, 0.25) is 0 Å². The quantitative estimate of drug-likeness (QED) is 0.177. The van der Waals surface area contributed by atoms with Crippen LogP contribution in [0.25, 0.3) is 77.7 Å². The van der Waals surface area contributed by atoms with Gasteiger partial charge in [0.15, 0.2) is 0 Å². The number of rotatable bonds is 6. The molecule has 6 aromatic carbocycles. The van der Waals surface area contributed by atoms with Gasteiger partial charge < -0.3 is 4.57 Å². The van der Waals surface area contributed by atoms with Crippen molar-refractivity contribution < 1.29 is 0 Å². The molecule has 0 radical (unpaired) electrons. The largest absolute Gasteiger partial charge is 0.309 e. The fourth-order valence-corrected chi connectivity index (χ4v) is 6.49. The summed E-state index contributed by atoms with van der Waals surface area (Å²) in [5.74, 6) is 0. The van der Waals surface area contributed by atoms with E-state index in [1.54, 1.807) is 0 Å². The highest BCUT2D eigenvalue weighted by Crippen LogP contribution is 2.39. The minimum atomic E-state index is 0.947. The molecule has 0 saturated carbocycles. The third-order valence-corrected chi connectivity index (χ3v) is 8.75. The second-order valence-corrected chi connectivity index (χ2v) is 11.6. The van der Waals surface area contributed by atoms with Crippen LogP contribution in [0.15, 0.2) is 170 Å². The monoisotopic (exact) mass is 588 g/mol. The summed E-state index contributed by atoms with van der Waals surface area (Å²) in [7, 11) is 0. The zero-order valence-electron chi connectivity index (χ0n) is 25.6. The number of hydrogen-bond donors (Lipinski definition) is 0. The van der Waals surface area contributed by atoms with Gasteiger partial charge in [0.05, 0.1) is 16.7 Å². The fourth-order valence-electron chi connectivity index (χ4n) is 6.49. The molecule has 0 aliphatic rings. The summed E-state index contributed by atoms with van der Waals surface area (Å²) in [5, 5.41) is 4.94. The second kappa shape index (κ2) is 11.8. The summed E-state index contributed by atoms with van der Waals surface area (Å²) < 4.78 is 2.44. The van der Waals surface area contributed by atoms with Crippen LogP contribution in [-0.2, 0) is 0 Å². The molecule has 0 spiro atoms. The van der Waals surface area contributed by atoms with Gasteiger partial charge in [-0.25, -0.2) is 0 Å². The zero-order chi connectivity index (χ0) is 30.9. The van der Waals surface area contributed by atoms with E-state index in [0.717, 1.165) is 22.5 Å². The van der Waals surface area contributed by atoms with Crippen molar-refractivity contribution in [3.8, 4) is 39.1 Å². The first-order chi connectivity index (χ1) is 22.8. The molecular formula is C44H32N2. The summed E-state index contributed by atoms with van der Waals surface area (Å²) >= 11 is 0. The number of hydrogen-bond acceptors (Lipinski definition) is 1. The van der Waals surface area contributed by atoms with E-state index in [4.69, 9.17) is 0 Å². The van der Waals surface area contributed by atoms with Crippen molar-refractivity contribution in [3.05, 3.63) is 176 Å². The summed E-state index contributed by atoms with van der Waals surface area (Å²) in [6, 6.07) is 52.6. The molecule has 218 valence electrons. The summed E-state index contributed by atoms with van der Waals surface area (Å²) in [5.41, 5.74) is 11.6. The number of benzene rings is 6. The van der Waals surface area contributed by atoms with Crippen LogP contribution in [0.5, 0.6) is 0 Å². The first kappa shape index (κ1) is 27.6. The molecule has 2 nitrogen and oxygen atoms in total. The van der Waals surface area contributed by atoms with Crippen LogP contribution < -0.4 is 0 Å². The second-order valence-electron chi connectivity index (χ2n) is 11.6. The average Bonchev–Trinajstić information content (AvgIpc) is 3.47. The number of allylic oxidation sites excluding steroid dienone is 3. The van der Waals surface area contributed by atoms with Crippen LogP contribution in [0.1, 0.15) is 12.6 Å². The molecule has 0 atom stereocenters. The maximum absolute atomic E-state index is 4.67. The lowest BCUT2D eigenvalue weighted by molar-refractivity contribution is 1.19. The number of aromatic nitrogens is 2. The smallest absolute Gasteiger partial charge is 0.0630 e. The Labute approximate surface area is 269 Å². The molecular weight excluding hydrogens is 556 g/mol. The van der Waals surface area contributed by atoms with Gasteiger partial charge in [-0.3, -0.25) is 4.98 Å². The molecule has 8 aromatic rings. The van der Waals surface area contributed by atoms with E-state index >= 15 is 0 Å². The third kappa shape index (κ3) is 5.00. The SMILES string of the molecule is C/C=C\C=C\c1ccc(-c2ccc3c(ccc4c5ccc(-c6cccc(-c7ccccc7)c6)cc5n(-c5ccccc5)c34)c2)cn1. The Bertz CT molecular complexity index is 2390. The Morgan fingerprint density at radius 2 is 1.15 bits per heavy atom. The Hall–Kier alpha value is -5.99. The van der Waals surface area contributed by atoms with Crippen LogP contribution in [0.3, 0.4) is 0 Å². The Kier molecular flexibility index (Phi) is 7.09. The van der Waals surface area contributed by atoms with E-state index < -0.39 is 0 Å². The highest BCUT2D eigenvalue weighted by Gasteiger charge is 2.16. The van der Waals surface area contributed by atoms with Crippen LogP contribution >= 0.6 is 0 Å². The van der Waals surface area contributed by atoms with Gasteiger partial charge in [-0.2, -0.15) is 0 Å². The van der Waals surface area contributed by atoms with Crippen molar-refractivity contribution in [3.63, 3.8) is 0 Å². The molecule has 46 heavy (non-hydrogen) atoms. The molecule has 0 aliphatic heterocycles. The Morgan fingerprint density at radius 1 is 0.500 bits per heavy atom. The van der Waals surface area contributed by atoms with Crippen molar-refractivity contribution in [1.82, 2.24) is 9.55 Å². The van der Waals surface area contributed by atoms with Crippen LogP contribution in [-0.4, -0.2) is 9.55 Å². The van der Waals surface area contributed by atoms with Crippen molar-refractivity contribution in [2.24, 2.45) is 0 Å². The molecule has 8 rings (SSSR count). The van der Waals surface area contributed by atoms with E-state index in [2.05, 4.69) is 155 Å². The number of nitrogens with zero attached hydrogens (tertiary/aromatic N) is 2. The predicted octanol–water partition coefficient (Wildman–Crippen LogP) is 11.9. The molecule has 0 saturated heterocycles. The normalized spacial score (nSPS) is 11.8. The van der Waals surface area contributed by atoms with Crippen LogP contribution in [0, 0.1) is 0 Å². The van der Waals surface area contributed by atoms with E-state index in [9.17, 15) is 0 Å². The molecule has 2 heteroatoms. The molecule has 0 bridgehead atoms. The molecule has 0 N–H and O–H groups in total. The minimum Gasteiger partial charge on any atom is -0.309 e. The van der Waals surface area contributed by atoms with Crippen molar-refractivity contribution >= 4 is 38.7 Å². The molecule has 0 fully saturated rings. The maximum atomic E-state index is 4.67. The van der Waals surface area contributed by atoms with Gasteiger partial charge in [0, 0.05) is 33.6 Å². The van der Waals surface area contributed by atoms with Gasteiger partial charge in [-0.05, 0) is 82.6 Å². The fraction of sp³-hybridized carbons (Fsp3) is 0.0227. The summed E-state index contributed by atoms with van der Waals surface area (Å²) in [6.07, 6.45) is 10.0. The number of para-hydroxylation sites is 1.